The fraction of sp³-hybridized carbons (Fsp3) is 0.421. The van der Waals surface area contributed by atoms with Gasteiger partial charge in [-0.2, -0.15) is 5.10 Å². The number of aromatic nitrogens is 2. The molecule has 1 atom stereocenters. The quantitative estimate of drug-likeness (QED) is 0.854. The van der Waals surface area contributed by atoms with Crippen LogP contribution in [0.5, 0.6) is 0 Å². The molecule has 1 aromatic carbocycles. The van der Waals surface area contributed by atoms with Crippen molar-refractivity contribution in [2.75, 3.05) is 0 Å². The van der Waals surface area contributed by atoms with Crippen LogP contribution in [0, 0.1) is 5.92 Å². The van der Waals surface area contributed by atoms with Crippen LogP contribution in [0.4, 0.5) is 5.69 Å². The van der Waals surface area contributed by atoms with Crippen molar-refractivity contribution >= 4 is 17.3 Å². The van der Waals surface area contributed by atoms with Crippen LogP contribution in [0.15, 0.2) is 35.3 Å². The van der Waals surface area contributed by atoms with E-state index in [-0.39, 0.29) is 17.9 Å². The van der Waals surface area contributed by atoms with Crippen molar-refractivity contribution in [3.8, 4) is 0 Å². The Morgan fingerprint density at radius 2 is 2.12 bits per heavy atom. The second-order valence-corrected chi connectivity index (χ2v) is 6.63. The van der Waals surface area contributed by atoms with E-state index in [1.165, 1.54) is 5.56 Å². The van der Waals surface area contributed by atoms with E-state index in [9.17, 15) is 4.79 Å². The van der Waals surface area contributed by atoms with E-state index in [4.69, 9.17) is 4.99 Å². The summed E-state index contributed by atoms with van der Waals surface area (Å²) < 4.78 is 0. The number of benzene rings is 1. The van der Waals surface area contributed by atoms with Crippen LogP contribution in [-0.4, -0.2) is 27.9 Å². The van der Waals surface area contributed by atoms with Crippen molar-refractivity contribution in [3.05, 3.63) is 47.3 Å². The van der Waals surface area contributed by atoms with E-state index < -0.39 is 0 Å². The van der Waals surface area contributed by atoms with Gasteiger partial charge in [0, 0.05) is 17.8 Å². The Labute approximate surface area is 142 Å². The molecule has 126 valence electrons. The number of amides is 1. The summed E-state index contributed by atoms with van der Waals surface area (Å²) in [6.45, 7) is 6.30. The van der Waals surface area contributed by atoms with Crippen LogP contribution in [0.2, 0.25) is 0 Å². The highest BCUT2D eigenvalue weighted by molar-refractivity contribution is 6.02. The molecule has 1 aliphatic rings. The molecule has 0 fully saturated rings. The molecule has 0 saturated carbocycles. The normalized spacial score (nSPS) is 14.4. The van der Waals surface area contributed by atoms with Gasteiger partial charge in [0.05, 0.1) is 11.7 Å². The summed E-state index contributed by atoms with van der Waals surface area (Å²) in [7, 11) is 0. The Morgan fingerprint density at radius 3 is 2.83 bits per heavy atom. The maximum absolute atomic E-state index is 12.6. The molecule has 5 heteroatoms. The summed E-state index contributed by atoms with van der Waals surface area (Å²) in [6, 6.07) is 9.88. The molecule has 1 amide bonds. The molecular weight excluding hydrogens is 300 g/mol. The fourth-order valence-corrected chi connectivity index (χ4v) is 3.06. The second-order valence-electron chi connectivity index (χ2n) is 6.63. The van der Waals surface area contributed by atoms with Gasteiger partial charge in [-0.15, -0.1) is 0 Å². The number of nitrogens with zero attached hydrogens (tertiary/aromatic N) is 2. The average molecular weight is 324 g/mol. The molecule has 2 N–H and O–H groups in total. The highest BCUT2D eigenvalue weighted by Gasteiger charge is 2.27. The minimum absolute atomic E-state index is 0.0868. The third-order valence-electron chi connectivity index (χ3n) is 4.32. The minimum Gasteiger partial charge on any atom is -0.342 e. The number of para-hydroxylation sites is 1. The Bertz CT molecular complexity index is 760. The van der Waals surface area contributed by atoms with E-state index in [1.807, 2.05) is 24.3 Å². The zero-order valence-electron chi connectivity index (χ0n) is 14.5. The predicted octanol–water partition coefficient (Wildman–Crippen LogP) is 3.45. The smallest absolute Gasteiger partial charge is 0.272 e. The molecule has 3 rings (SSSR count). The molecule has 0 radical (unpaired) electrons. The van der Waals surface area contributed by atoms with E-state index in [1.54, 1.807) is 0 Å². The van der Waals surface area contributed by atoms with Gasteiger partial charge in [0.1, 0.15) is 5.69 Å². The highest BCUT2D eigenvalue weighted by Crippen LogP contribution is 2.28. The van der Waals surface area contributed by atoms with E-state index >= 15 is 0 Å². The monoisotopic (exact) mass is 324 g/mol. The molecule has 0 spiro atoms. The summed E-state index contributed by atoms with van der Waals surface area (Å²) in [5, 5.41) is 10.2. The summed E-state index contributed by atoms with van der Waals surface area (Å²) in [6.07, 6.45) is 2.71. The largest absolute Gasteiger partial charge is 0.342 e. The van der Waals surface area contributed by atoms with Gasteiger partial charge in [-0.3, -0.25) is 14.9 Å². The lowest BCUT2D eigenvalue weighted by Gasteiger charge is -2.22. The number of carbonyl (C=O) groups is 1. The van der Waals surface area contributed by atoms with Crippen molar-refractivity contribution in [2.24, 2.45) is 10.9 Å². The van der Waals surface area contributed by atoms with Crippen LogP contribution >= 0.6 is 0 Å². The average Bonchev–Trinajstić information content (AvgIpc) is 3.18. The van der Waals surface area contributed by atoms with Crippen LogP contribution in [0.25, 0.3) is 0 Å². The first kappa shape index (κ1) is 16.4. The lowest BCUT2D eigenvalue weighted by Crippen LogP contribution is -2.44. The fourth-order valence-electron chi connectivity index (χ4n) is 3.06. The van der Waals surface area contributed by atoms with E-state index in [0.29, 0.717) is 5.69 Å². The first-order valence-corrected chi connectivity index (χ1v) is 8.59. The second kappa shape index (κ2) is 6.99. The van der Waals surface area contributed by atoms with Crippen molar-refractivity contribution in [1.29, 1.82) is 0 Å². The number of nitrogens with one attached hydrogen (secondary N) is 2. The molecule has 1 unspecified atom stereocenters. The van der Waals surface area contributed by atoms with Gasteiger partial charge in [0.15, 0.2) is 0 Å². The Balaban J connectivity index is 1.74. The lowest BCUT2D eigenvalue weighted by molar-refractivity contribution is 0.0934. The first-order valence-electron chi connectivity index (χ1n) is 8.59. The maximum atomic E-state index is 12.6. The summed E-state index contributed by atoms with van der Waals surface area (Å²) in [5.41, 5.74) is 4.69. The molecule has 1 aromatic heterocycles. The Hall–Kier alpha value is -2.43. The Morgan fingerprint density at radius 1 is 1.33 bits per heavy atom. The highest BCUT2D eigenvalue weighted by atomic mass is 16.2. The topological polar surface area (TPSA) is 70.1 Å². The number of aliphatic imine (C=N–C) groups is 1. The minimum atomic E-state index is -0.147. The van der Waals surface area contributed by atoms with Gasteiger partial charge in [0.25, 0.3) is 5.91 Å². The zero-order valence-corrected chi connectivity index (χ0v) is 14.5. The van der Waals surface area contributed by atoms with Gasteiger partial charge in [0.2, 0.25) is 0 Å². The number of aryl methyl sites for hydroxylation is 1. The number of aromatic amines is 1. The van der Waals surface area contributed by atoms with Gasteiger partial charge >= 0.3 is 0 Å². The number of H-pyrrole nitrogens is 1. The first-order chi connectivity index (χ1) is 11.6. The number of carbonyl (C=O) groups excluding carboxylic acids is 1. The van der Waals surface area contributed by atoms with Crippen molar-refractivity contribution in [2.45, 2.75) is 46.1 Å². The van der Waals surface area contributed by atoms with Gasteiger partial charge < -0.3 is 5.32 Å². The molecule has 2 aromatic rings. The molecule has 1 aliphatic heterocycles. The molecule has 0 saturated heterocycles. The van der Waals surface area contributed by atoms with E-state index in [0.717, 1.165) is 36.4 Å². The molecule has 2 heterocycles. The number of hydrogen-bond donors (Lipinski definition) is 2. The third-order valence-corrected chi connectivity index (χ3v) is 4.32. The van der Waals surface area contributed by atoms with Crippen molar-refractivity contribution < 1.29 is 4.79 Å². The summed E-state index contributed by atoms with van der Waals surface area (Å²) >= 11 is 0. The van der Waals surface area contributed by atoms with Crippen LogP contribution in [0.3, 0.4) is 0 Å². The molecule has 24 heavy (non-hydrogen) atoms. The SMILES string of the molecule is CCCc1cc(C(=O)NC(C2=Nc3ccccc3C2)C(C)C)n[nH]1. The summed E-state index contributed by atoms with van der Waals surface area (Å²) in [5.74, 6) is 0.113. The van der Waals surface area contributed by atoms with Crippen LogP contribution in [0.1, 0.15) is 48.9 Å². The third kappa shape index (κ3) is 3.40. The van der Waals surface area contributed by atoms with Gasteiger partial charge in [-0.05, 0) is 30.0 Å². The van der Waals surface area contributed by atoms with Crippen LogP contribution in [-0.2, 0) is 12.8 Å². The number of hydrogen-bond acceptors (Lipinski definition) is 3. The van der Waals surface area contributed by atoms with Crippen LogP contribution < -0.4 is 5.32 Å². The predicted molar refractivity (Wildman–Crippen MR) is 95.9 cm³/mol. The summed E-state index contributed by atoms with van der Waals surface area (Å²) in [4.78, 5) is 17.3. The molecule has 0 aliphatic carbocycles. The molecule has 5 nitrogen and oxygen atoms in total. The van der Waals surface area contributed by atoms with Gasteiger partial charge in [-0.25, -0.2) is 0 Å². The molecule has 0 bridgehead atoms. The standard InChI is InChI=1S/C19H24N4O/c1-4-7-14-11-17(23-22-14)19(24)21-18(12(2)3)16-10-13-8-5-6-9-15(13)20-16/h5-6,8-9,11-12,18H,4,7,10H2,1-3H3,(H,21,24)(H,22,23). The maximum Gasteiger partial charge on any atom is 0.272 e. The van der Waals surface area contributed by atoms with E-state index in [2.05, 4.69) is 42.4 Å². The zero-order chi connectivity index (χ0) is 17.1. The lowest BCUT2D eigenvalue weighted by atomic mass is 9.96. The molecular formula is C19H24N4O. The number of rotatable bonds is 6. The van der Waals surface area contributed by atoms with Gasteiger partial charge in [-0.1, -0.05) is 45.4 Å². The van der Waals surface area contributed by atoms with Crippen molar-refractivity contribution in [3.63, 3.8) is 0 Å². The Kier molecular flexibility index (Phi) is 4.79. The van der Waals surface area contributed by atoms with Crippen molar-refractivity contribution in [1.82, 2.24) is 15.5 Å². The number of fused-ring (bicyclic) bond motifs is 1.